The van der Waals surface area contributed by atoms with Gasteiger partial charge in [-0.1, -0.05) is 18.2 Å². The minimum atomic E-state index is -0.215. The normalized spacial score (nSPS) is 9.11. The van der Waals surface area contributed by atoms with Crippen LogP contribution in [0.4, 0.5) is 10.5 Å². The zero-order valence-electron chi connectivity index (χ0n) is 9.76. The van der Waals surface area contributed by atoms with E-state index in [2.05, 4.69) is 15.6 Å². The fourth-order valence-corrected chi connectivity index (χ4v) is 1.38. The van der Waals surface area contributed by atoms with Gasteiger partial charge in [-0.3, -0.25) is 4.98 Å². The first-order valence-corrected chi connectivity index (χ1v) is 5.33. The molecule has 0 spiro atoms. The van der Waals surface area contributed by atoms with Crippen molar-refractivity contribution in [2.75, 3.05) is 5.32 Å². The van der Waals surface area contributed by atoms with E-state index in [9.17, 15) is 4.79 Å². The topological polar surface area (TPSA) is 85.5 Å². The van der Waals surface area contributed by atoms with Gasteiger partial charge in [-0.2, -0.15) is 0 Å². The maximum Gasteiger partial charge on any atom is 0.319 e. The van der Waals surface area contributed by atoms with Gasteiger partial charge in [0.1, 0.15) is 0 Å². The van der Waals surface area contributed by atoms with E-state index < -0.39 is 0 Å². The summed E-state index contributed by atoms with van der Waals surface area (Å²) in [6, 6.07) is 12.8. The lowest BCUT2D eigenvalue weighted by Crippen LogP contribution is -2.28. The molecule has 0 saturated carbocycles. The third kappa shape index (κ3) is 4.23. The maximum absolute atomic E-state index is 11.5. The van der Waals surface area contributed by atoms with Gasteiger partial charge in [-0.05, 0) is 29.8 Å². The summed E-state index contributed by atoms with van der Waals surface area (Å²) in [4.78, 5) is 15.5. The first-order chi connectivity index (χ1) is 8.34. The van der Waals surface area contributed by atoms with Gasteiger partial charge < -0.3 is 16.1 Å². The standard InChI is InChI=1S/C13H13N3O.H2O/c17-13(16-12-4-2-1-3-5-12)15-10-11-6-8-14-9-7-11;/h1-9H,10H2,(H2,15,16,17);1H2. The van der Waals surface area contributed by atoms with E-state index in [1.54, 1.807) is 12.4 Å². The number of aromatic nitrogens is 1. The Hall–Kier alpha value is -2.40. The molecular weight excluding hydrogens is 230 g/mol. The summed E-state index contributed by atoms with van der Waals surface area (Å²) in [6.07, 6.45) is 3.40. The molecular formula is C13H15N3O2. The lowest BCUT2D eigenvalue weighted by molar-refractivity contribution is 0.251. The Labute approximate surface area is 105 Å². The number of amides is 2. The molecule has 5 heteroatoms. The molecule has 2 amide bonds. The summed E-state index contributed by atoms with van der Waals surface area (Å²) in [5, 5.41) is 5.52. The van der Waals surface area contributed by atoms with E-state index in [-0.39, 0.29) is 11.5 Å². The van der Waals surface area contributed by atoms with Crippen molar-refractivity contribution in [3.05, 3.63) is 60.4 Å². The van der Waals surface area contributed by atoms with Crippen molar-refractivity contribution in [2.24, 2.45) is 0 Å². The fourth-order valence-electron chi connectivity index (χ4n) is 1.38. The quantitative estimate of drug-likeness (QED) is 0.860. The van der Waals surface area contributed by atoms with E-state index in [0.29, 0.717) is 6.54 Å². The second kappa shape index (κ2) is 7.03. The summed E-state index contributed by atoms with van der Waals surface area (Å²) in [7, 11) is 0. The molecule has 0 atom stereocenters. The summed E-state index contributed by atoms with van der Waals surface area (Å²) in [5.41, 5.74) is 1.79. The molecule has 2 aromatic rings. The molecule has 0 fully saturated rings. The molecule has 0 radical (unpaired) electrons. The number of nitrogens with zero attached hydrogens (tertiary/aromatic N) is 1. The number of carbonyl (C=O) groups excluding carboxylic acids is 1. The molecule has 0 saturated heterocycles. The zero-order chi connectivity index (χ0) is 11.9. The van der Waals surface area contributed by atoms with Gasteiger partial charge in [0.15, 0.2) is 0 Å². The molecule has 0 bridgehead atoms. The highest BCUT2D eigenvalue weighted by Gasteiger charge is 2.00. The average molecular weight is 245 g/mol. The van der Waals surface area contributed by atoms with Crippen LogP contribution in [-0.2, 0) is 6.54 Å². The van der Waals surface area contributed by atoms with Crippen molar-refractivity contribution in [3.8, 4) is 0 Å². The van der Waals surface area contributed by atoms with Crippen LogP contribution in [0.3, 0.4) is 0 Å². The average Bonchev–Trinajstić information content (AvgIpc) is 2.39. The Morgan fingerprint density at radius 2 is 1.72 bits per heavy atom. The van der Waals surface area contributed by atoms with Crippen molar-refractivity contribution in [1.82, 2.24) is 10.3 Å². The van der Waals surface area contributed by atoms with Crippen molar-refractivity contribution in [2.45, 2.75) is 6.54 Å². The number of urea groups is 1. The van der Waals surface area contributed by atoms with Gasteiger partial charge in [-0.15, -0.1) is 0 Å². The number of hydrogen-bond donors (Lipinski definition) is 2. The third-order valence-electron chi connectivity index (χ3n) is 2.23. The maximum atomic E-state index is 11.5. The largest absolute Gasteiger partial charge is 0.412 e. The number of anilines is 1. The van der Waals surface area contributed by atoms with Crippen molar-refractivity contribution >= 4 is 11.7 Å². The summed E-state index contributed by atoms with van der Waals surface area (Å²) in [5.74, 6) is 0. The molecule has 2 rings (SSSR count). The monoisotopic (exact) mass is 245 g/mol. The van der Waals surface area contributed by atoms with Crippen LogP contribution in [0.15, 0.2) is 54.9 Å². The Bertz CT molecular complexity index is 474. The third-order valence-corrected chi connectivity index (χ3v) is 2.23. The summed E-state index contributed by atoms with van der Waals surface area (Å²) in [6.45, 7) is 0.487. The van der Waals surface area contributed by atoms with Crippen molar-refractivity contribution in [1.29, 1.82) is 0 Å². The Morgan fingerprint density at radius 3 is 2.39 bits per heavy atom. The van der Waals surface area contributed by atoms with Gasteiger partial charge in [0.2, 0.25) is 0 Å². The number of carbonyl (C=O) groups is 1. The highest BCUT2D eigenvalue weighted by molar-refractivity contribution is 5.89. The van der Waals surface area contributed by atoms with Crippen LogP contribution >= 0.6 is 0 Å². The predicted molar refractivity (Wildman–Crippen MR) is 70.2 cm³/mol. The van der Waals surface area contributed by atoms with E-state index in [0.717, 1.165) is 11.3 Å². The van der Waals surface area contributed by atoms with Crippen LogP contribution in [0.5, 0.6) is 0 Å². The van der Waals surface area contributed by atoms with Crippen LogP contribution < -0.4 is 10.6 Å². The molecule has 0 aliphatic heterocycles. The van der Waals surface area contributed by atoms with E-state index >= 15 is 0 Å². The Kier molecular flexibility index (Phi) is 5.34. The molecule has 0 unspecified atom stereocenters. The highest BCUT2D eigenvalue weighted by Crippen LogP contribution is 2.04. The minimum absolute atomic E-state index is 0. The lowest BCUT2D eigenvalue weighted by atomic mass is 10.3. The molecule has 0 aliphatic carbocycles. The molecule has 1 aromatic carbocycles. The first kappa shape index (κ1) is 13.7. The smallest absolute Gasteiger partial charge is 0.319 e. The molecule has 1 aromatic heterocycles. The van der Waals surface area contributed by atoms with Gasteiger partial charge in [0.05, 0.1) is 0 Å². The van der Waals surface area contributed by atoms with Crippen LogP contribution in [-0.4, -0.2) is 16.5 Å². The van der Waals surface area contributed by atoms with Gasteiger partial charge >= 0.3 is 6.03 Å². The molecule has 1 heterocycles. The van der Waals surface area contributed by atoms with Crippen LogP contribution in [0.1, 0.15) is 5.56 Å². The molecule has 94 valence electrons. The van der Waals surface area contributed by atoms with E-state index in [4.69, 9.17) is 0 Å². The zero-order valence-corrected chi connectivity index (χ0v) is 9.76. The van der Waals surface area contributed by atoms with Crippen molar-refractivity contribution in [3.63, 3.8) is 0 Å². The number of hydrogen-bond acceptors (Lipinski definition) is 2. The van der Waals surface area contributed by atoms with Gasteiger partial charge in [0.25, 0.3) is 0 Å². The second-order valence-electron chi connectivity index (χ2n) is 3.53. The van der Waals surface area contributed by atoms with Crippen LogP contribution in [0, 0.1) is 0 Å². The summed E-state index contributed by atoms with van der Waals surface area (Å²) >= 11 is 0. The highest BCUT2D eigenvalue weighted by atomic mass is 16.2. The van der Waals surface area contributed by atoms with Gasteiger partial charge in [-0.25, -0.2) is 4.79 Å². The minimum Gasteiger partial charge on any atom is -0.412 e. The molecule has 5 nitrogen and oxygen atoms in total. The Morgan fingerprint density at radius 1 is 1.06 bits per heavy atom. The predicted octanol–water partition coefficient (Wildman–Crippen LogP) is 1.58. The summed E-state index contributed by atoms with van der Waals surface area (Å²) < 4.78 is 0. The number of para-hydroxylation sites is 1. The fraction of sp³-hybridized carbons (Fsp3) is 0.0769. The lowest BCUT2D eigenvalue weighted by Gasteiger charge is -2.07. The van der Waals surface area contributed by atoms with E-state index in [1.165, 1.54) is 0 Å². The van der Waals surface area contributed by atoms with Crippen LogP contribution in [0.25, 0.3) is 0 Å². The number of benzene rings is 1. The van der Waals surface area contributed by atoms with E-state index in [1.807, 2.05) is 42.5 Å². The number of rotatable bonds is 3. The first-order valence-electron chi connectivity index (χ1n) is 5.33. The SMILES string of the molecule is O.O=C(NCc1ccncc1)Nc1ccccc1. The molecule has 0 aliphatic rings. The van der Waals surface area contributed by atoms with Gasteiger partial charge in [0, 0.05) is 24.6 Å². The molecule has 4 N–H and O–H groups in total. The second-order valence-corrected chi connectivity index (χ2v) is 3.53. The number of pyridine rings is 1. The van der Waals surface area contributed by atoms with Crippen molar-refractivity contribution < 1.29 is 10.3 Å². The van der Waals surface area contributed by atoms with Crippen LogP contribution in [0.2, 0.25) is 0 Å². The Balaban J connectivity index is 0.00000162. The molecule has 18 heavy (non-hydrogen) atoms. The number of nitrogens with one attached hydrogen (secondary N) is 2.